The van der Waals surface area contributed by atoms with Crippen molar-refractivity contribution in [2.45, 2.75) is 37.7 Å². The highest BCUT2D eigenvalue weighted by Crippen LogP contribution is 2.31. The molecule has 0 bridgehead atoms. The van der Waals surface area contributed by atoms with E-state index in [0.29, 0.717) is 12.3 Å². The van der Waals surface area contributed by atoms with E-state index in [2.05, 4.69) is 12.2 Å². The molecular formula is C9H16F3NS. The molecule has 1 aliphatic heterocycles. The molecule has 0 radical (unpaired) electrons. The first-order chi connectivity index (χ1) is 6.47. The molecule has 0 aromatic heterocycles. The molecule has 84 valence electrons. The van der Waals surface area contributed by atoms with Crippen LogP contribution in [0.1, 0.15) is 26.2 Å². The second kappa shape index (κ2) is 5.26. The Labute approximate surface area is 86.8 Å². The Morgan fingerprint density at radius 2 is 2.14 bits per heavy atom. The molecule has 14 heavy (non-hydrogen) atoms. The minimum absolute atomic E-state index is 0.0884. The molecule has 0 aromatic rings. The quantitative estimate of drug-likeness (QED) is 0.795. The number of halogens is 3. The van der Waals surface area contributed by atoms with Gasteiger partial charge in [-0.05, 0) is 31.7 Å². The van der Waals surface area contributed by atoms with Crippen LogP contribution >= 0.6 is 11.8 Å². The minimum Gasteiger partial charge on any atom is -0.314 e. The van der Waals surface area contributed by atoms with Crippen LogP contribution in [0.2, 0.25) is 0 Å². The normalized spacial score (nSPS) is 29.1. The fraction of sp³-hybridized carbons (Fsp3) is 1.00. The number of hydrogen-bond acceptors (Lipinski definition) is 2. The van der Waals surface area contributed by atoms with Crippen LogP contribution < -0.4 is 5.32 Å². The molecule has 1 aliphatic rings. The zero-order chi connectivity index (χ0) is 10.6. The van der Waals surface area contributed by atoms with Gasteiger partial charge in [-0.15, -0.1) is 0 Å². The summed E-state index contributed by atoms with van der Waals surface area (Å²) >= 11 is 0.0884. The molecule has 0 aliphatic carbocycles. The third-order valence-electron chi connectivity index (χ3n) is 2.49. The van der Waals surface area contributed by atoms with Crippen LogP contribution in [0.25, 0.3) is 0 Å². The van der Waals surface area contributed by atoms with Crippen molar-refractivity contribution in [3.05, 3.63) is 0 Å². The third-order valence-corrected chi connectivity index (χ3v) is 3.26. The summed E-state index contributed by atoms with van der Waals surface area (Å²) < 4.78 is 35.5. The molecule has 1 saturated heterocycles. The third kappa shape index (κ3) is 5.10. The Bertz CT molecular complexity index is 172. The zero-order valence-electron chi connectivity index (χ0n) is 8.23. The molecule has 1 heterocycles. The Morgan fingerprint density at radius 3 is 2.71 bits per heavy atom. The first-order valence-electron chi connectivity index (χ1n) is 4.91. The lowest BCUT2D eigenvalue weighted by atomic mass is 9.93. The number of alkyl halides is 3. The van der Waals surface area contributed by atoms with E-state index in [0.717, 1.165) is 19.4 Å². The van der Waals surface area contributed by atoms with Crippen molar-refractivity contribution in [2.24, 2.45) is 5.92 Å². The summed E-state index contributed by atoms with van der Waals surface area (Å²) in [6.45, 7) is 3.10. The predicted molar refractivity (Wildman–Crippen MR) is 53.3 cm³/mol. The first kappa shape index (κ1) is 12.2. The Hall–Kier alpha value is 0.100. The van der Waals surface area contributed by atoms with Crippen molar-refractivity contribution >= 4 is 11.8 Å². The van der Waals surface area contributed by atoms with Gasteiger partial charge in [-0.1, -0.05) is 18.7 Å². The number of thioether (sulfide) groups is 1. The number of rotatable bonds is 3. The number of nitrogens with one attached hydrogen (secondary N) is 1. The summed E-state index contributed by atoms with van der Waals surface area (Å²) in [6, 6.07) is 0.286. The molecule has 1 fully saturated rings. The van der Waals surface area contributed by atoms with E-state index in [9.17, 15) is 13.2 Å². The van der Waals surface area contributed by atoms with Crippen LogP contribution in [0.15, 0.2) is 0 Å². The molecule has 1 rings (SSSR count). The Balaban J connectivity index is 2.12. The average molecular weight is 227 g/mol. The average Bonchev–Trinajstić information content (AvgIpc) is 2.01. The lowest BCUT2D eigenvalue weighted by Gasteiger charge is -2.28. The zero-order valence-corrected chi connectivity index (χ0v) is 9.05. The summed E-state index contributed by atoms with van der Waals surface area (Å²) in [7, 11) is 0. The van der Waals surface area contributed by atoms with Gasteiger partial charge in [-0.3, -0.25) is 0 Å². The van der Waals surface area contributed by atoms with Crippen molar-refractivity contribution < 1.29 is 13.2 Å². The van der Waals surface area contributed by atoms with Gasteiger partial charge in [0.15, 0.2) is 0 Å². The van der Waals surface area contributed by atoms with Gasteiger partial charge < -0.3 is 5.32 Å². The maximum absolute atomic E-state index is 11.8. The molecule has 5 heteroatoms. The van der Waals surface area contributed by atoms with E-state index in [4.69, 9.17) is 0 Å². The monoisotopic (exact) mass is 227 g/mol. The highest BCUT2D eigenvalue weighted by atomic mass is 32.2. The van der Waals surface area contributed by atoms with Gasteiger partial charge in [0.05, 0.1) is 0 Å². The topological polar surface area (TPSA) is 12.0 Å². The summed E-state index contributed by atoms with van der Waals surface area (Å²) in [5.41, 5.74) is -4.07. The Morgan fingerprint density at radius 1 is 1.43 bits per heavy atom. The lowest BCUT2D eigenvalue weighted by Crippen LogP contribution is -2.37. The molecule has 0 spiro atoms. The van der Waals surface area contributed by atoms with Gasteiger partial charge in [-0.25, -0.2) is 0 Å². The molecule has 2 unspecified atom stereocenters. The van der Waals surface area contributed by atoms with Crippen molar-refractivity contribution in [1.82, 2.24) is 5.32 Å². The van der Waals surface area contributed by atoms with Crippen molar-refractivity contribution in [3.8, 4) is 0 Å². The first-order valence-corrected chi connectivity index (χ1v) is 5.90. The highest BCUT2D eigenvalue weighted by molar-refractivity contribution is 8.00. The van der Waals surface area contributed by atoms with Gasteiger partial charge in [0.25, 0.3) is 0 Å². The Kier molecular flexibility index (Phi) is 4.57. The lowest BCUT2D eigenvalue weighted by molar-refractivity contribution is -0.0328. The van der Waals surface area contributed by atoms with E-state index >= 15 is 0 Å². The van der Waals surface area contributed by atoms with Crippen LogP contribution in [0, 0.1) is 5.92 Å². The molecule has 0 aromatic carbocycles. The van der Waals surface area contributed by atoms with Crippen molar-refractivity contribution in [3.63, 3.8) is 0 Å². The molecular weight excluding hydrogens is 211 g/mol. The largest absolute Gasteiger partial charge is 0.441 e. The number of piperidine rings is 1. The fourth-order valence-electron chi connectivity index (χ4n) is 1.76. The van der Waals surface area contributed by atoms with Crippen molar-refractivity contribution in [1.29, 1.82) is 0 Å². The number of hydrogen-bond donors (Lipinski definition) is 1. The van der Waals surface area contributed by atoms with E-state index in [-0.39, 0.29) is 23.6 Å². The maximum atomic E-state index is 11.8. The van der Waals surface area contributed by atoms with Crippen LogP contribution in [0.4, 0.5) is 13.2 Å². The van der Waals surface area contributed by atoms with Gasteiger partial charge in [0, 0.05) is 11.8 Å². The van der Waals surface area contributed by atoms with Gasteiger partial charge in [-0.2, -0.15) is 13.2 Å². The van der Waals surface area contributed by atoms with Crippen LogP contribution in [-0.2, 0) is 0 Å². The molecule has 1 N–H and O–H groups in total. The smallest absolute Gasteiger partial charge is 0.314 e. The van der Waals surface area contributed by atoms with Crippen molar-refractivity contribution in [2.75, 3.05) is 12.3 Å². The fourth-order valence-corrected chi connectivity index (χ4v) is 2.39. The van der Waals surface area contributed by atoms with E-state index in [1.54, 1.807) is 0 Å². The molecule has 0 amide bonds. The minimum atomic E-state index is -4.07. The SMILES string of the molecule is CC1CCNC(CCSC(F)(F)F)C1. The second-order valence-corrected chi connectivity index (χ2v) is 5.02. The molecule has 1 nitrogen and oxygen atoms in total. The standard InChI is InChI=1S/C9H16F3NS/c1-7-2-4-13-8(6-7)3-5-14-9(10,11)12/h7-8,13H,2-6H2,1H3. The molecule has 2 atom stereocenters. The summed E-state index contributed by atoms with van der Waals surface area (Å²) in [4.78, 5) is 0. The van der Waals surface area contributed by atoms with Crippen LogP contribution in [0.5, 0.6) is 0 Å². The van der Waals surface area contributed by atoms with Crippen LogP contribution in [0.3, 0.4) is 0 Å². The maximum Gasteiger partial charge on any atom is 0.441 e. The second-order valence-electron chi connectivity index (χ2n) is 3.86. The molecule has 0 saturated carbocycles. The van der Waals surface area contributed by atoms with E-state index in [1.165, 1.54) is 0 Å². The van der Waals surface area contributed by atoms with Gasteiger partial charge >= 0.3 is 5.51 Å². The van der Waals surface area contributed by atoms with Crippen LogP contribution in [-0.4, -0.2) is 23.8 Å². The predicted octanol–water partition coefficient (Wildman–Crippen LogP) is 3.02. The van der Waals surface area contributed by atoms with E-state index < -0.39 is 5.51 Å². The summed E-state index contributed by atoms with van der Waals surface area (Å²) in [5.74, 6) is 0.825. The summed E-state index contributed by atoms with van der Waals surface area (Å²) in [5, 5.41) is 3.26. The van der Waals surface area contributed by atoms with Gasteiger partial charge in [0.2, 0.25) is 0 Å². The van der Waals surface area contributed by atoms with E-state index in [1.807, 2.05) is 0 Å². The summed E-state index contributed by atoms with van der Waals surface area (Å²) in [6.07, 6.45) is 2.77. The highest BCUT2D eigenvalue weighted by Gasteiger charge is 2.28. The van der Waals surface area contributed by atoms with Gasteiger partial charge in [0.1, 0.15) is 0 Å².